The fraction of sp³-hybridized carbons (Fsp3) is 0.333. The molecule has 25 heavy (non-hydrogen) atoms. The number of hydrogen-bond acceptors (Lipinski definition) is 5. The van der Waals surface area contributed by atoms with Crippen LogP contribution in [-0.4, -0.2) is 35.7 Å². The number of aliphatic carboxylic acids is 1. The van der Waals surface area contributed by atoms with E-state index in [4.69, 9.17) is 19.0 Å². The molecule has 132 valence electrons. The Morgan fingerprint density at radius 2 is 1.84 bits per heavy atom. The van der Waals surface area contributed by atoms with Gasteiger partial charge in [0.15, 0.2) is 5.76 Å². The molecule has 0 spiro atoms. The van der Waals surface area contributed by atoms with E-state index in [2.05, 4.69) is 5.32 Å². The van der Waals surface area contributed by atoms with E-state index in [0.29, 0.717) is 31.8 Å². The number of para-hydroxylation sites is 1. The van der Waals surface area contributed by atoms with Crippen molar-refractivity contribution in [1.82, 2.24) is 5.32 Å². The Morgan fingerprint density at radius 3 is 2.52 bits per heavy atom. The lowest BCUT2D eigenvalue weighted by Crippen LogP contribution is -2.53. The Morgan fingerprint density at radius 1 is 1.12 bits per heavy atom. The normalized spacial score (nSPS) is 16.2. The van der Waals surface area contributed by atoms with Crippen molar-refractivity contribution < 1.29 is 28.6 Å². The van der Waals surface area contributed by atoms with Crippen LogP contribution in [0.5, 0.6) is 11.7 Å². The van der Waals surface area contributed by atoms with E-state index in [1.807, 2.05) is 18.2 Å². The average Bonchev–Trinajstić information content (AvgIpc) is 3.04. The molecule has 1 aliphatic rings. The van der Waals surface area contributed by atoms with Crippen LogP contribution in [0.3, 0.4) is 0 Å². The molecule has 2 heterocycles. The molecule has 1 amide bonds. The first-order valence-corrected chi connectivity index (χ1v) is 8.01. The Hall–Kier alpha value is -2.80. The van der Waals surface area contributed by atoms with Gasteiger partial charge in [-0.05, 0) is 31.0 Å². The minimum Gasteiger partial charge on any atom is -0.481 e. The van der Waals surface area contributed by atoms with Crippen LogP contribution in [0.1, 0.15) is 29.8 Å². The van der Waals surface area contributed by atoms with Crippen molar-refractivity contribution in [3.8, 4) is 11.7 Å². The van der Waals surface area contributed by atoms with Crippen LogP contribution in [0, 0.1) is 0 Å². The third-order valence-electron chi connectivity index (χ3n) is 4.08. The molecule has 0 radical (unpaired) electrons. The van der Waals surface area contributed by atoms with Gasteiger partial charge in [-0.3, -0.25) is 9.59 Å². The molecule has 0 atom stereocenters. The first-order chi connectivity index (χ1) is 12.1. The van der Waals surface area contributed by atoms with Crippen LogP contribution >= 0.6 is 0 Å². The highest BCUT2D eigenvalue weighted by molar-refractivity contribution is 5.92. The molecular formula is C18H19NO6. The summed E-state index contributed by atoms with van der Waals surface area (Å²) in [6.07, 6.45) is 0.731. The van der Waals surface area contributed by atoms with Crippen molar-refractivity contribution in [3.63, 3.8) is 0 Å². The van der Waals surface area contributed by atoms with Gasteiger partial charge in [0.05, 0.1) is 12.0 Å². The standard InChI is InChI=1S/C18H19NO6/c20-15(21)12-18(8-10-23-11-9-18)19-17(22)14-6-7-16(25-14)24-13-4-2-1-3-5-13/h1-7H,8-12H2,(H,19,22)(H,20,21). The topological polar surface area (TPSA) is 98.0 Å². The molecule has 1 aromatic carbocycles. The first-order valence-electron chi connectivity index (χ1n) is 8.01. The van der Waals surface area contributed by atoms with E-state index in [1.165, 1.54) is 6.07 Å². The van der Waals surface area contributed by atoms with Crippen molar-refractivity contribution in [1.29, 1.82) is 0 Å². The summed E-state index contributed by atoms with van der Waals surface area (Å²) in [6.45, 7) is 0.822. The zero-order valence-corrected chi connectivity index (χ0v) is 13.6. The van der Waals surface area contributed by atoms with Crippen molar-refractivity contribution in [3.05, 3.63) is 48.2 Å². The van der Waals surface area contributed by atoms with Gasteiger partial charge in [0.25, 0.3) is 11.9 Å². The lowest BCUT2D eigenvalue weighted by Gasteiger charge is -2.36. The highest BCUT2D eigenvalue weighted by Crippen LogP contribution is 2.27. The predicted molar refractivity (Wildman–Crippen MR) is 87.7 cm³/mol. The zero-order chi connectivity index (χ0) is 17.7. The summed E-state index contributed by atoms with van der Waals surface area (Å²) in [4.78, 5) is 23.6. The molecule has 1 aliphatic heterocycles. The van der Waals surface area contributed by atoms with Crippen LogP contribution in [-0.2, 0) is 9.53 Å². The molecule has 1 aromatic heterocycles. The Kier molecular flexibility index (Phi) is 5.04. The molecule has 2 aromatic rings. The van der Waals surface area contributed by atoms with Gasteiger partial charge < -0.3 is 24.3 Å². The number of ether oxygens (including phenoxy) is 2. The smallest absolute Gasteiger partial charge is 0.305 e. The van der Waals surface area contributed by atoms with Gasteiger partial charge in [-0.15, -0.1) is 0 Å². The molecule has 0 saturated carbocycles. The van der Waals surface area contributed by atoms with Crippen LogP contribution in [0.4, 0.5) is 0 Å². The van der Waals surface area contributed by atoms with E-state index >= 15 is 0 Å². The van der Waals surface area contributed by atoms with Crippen molar-refractivity contribution in [2.45, 2.75) is 24.8 Å². The van der Waals surface area contributed by atoms with Gasteiger partial charge in [-0.25, -0.2) is 0 Å². The van der Waals surface area contributed by atoms with E-state index < -0.39 is 17.4 Å². The predicted octanol–water partition coefficient (Wildman–Crippen LogP) is 2.83. The Bertz CT molecular complexity index is 733. The number of carboxylic acids is 1. The molecule has 0 unspecified atom stereocenters. The van der Waals surface area contributed by atoms with Crippen molar-refractivity contribution in [2.24, 2.45) is 0 Å². The van der Waals surface area contributed by atoms with E-state index in [1.54, 1.807) is 18.2 Å². The highest BCUT2D eigenvalue weighted by atomic mass is 16.6. The summed E-state index contributed by atoms with van der Waals surface area (Å²) in [5.41, 5.74) is -0.825. The van der Waals surface area contributed by atoms with Gasteiger partial charge in [0, 0.05) is 19.3 Å². The summed E-state index contributed by atoms with van der Waals surface area (Å²) in [5.74, 6) is -0.575. The third kappa shape index (κ3) is 4.39. The average molecular weight is 345 g/mol. The maximum absolute atomic E-state index is 12.5. The van der Waals surface area contributed by atoms with Gasteiger partial charge in [-0.2, -0.15) is 0 Å². The van der Waals surface area contributed by atoms with Gasteiger partial charge in [-0.1, -0.05) is 18.2 Å². The Balaban J connectivity index is 1.69. The fourth-order valence-corrected chi connectivity index (χ4v) is 2.80. The summed E-state index contributed by atoms with van der Waals surface area (Å²) >= 11 is 0. The molecule has 7 heteroatoms. The van der Waals surface area contributed by atoms with Crippen LogP contribution in [0.15, 0.2) is 46.9 Å². The zero-order valence-electron chi connectivity index (χ0n) is 13.6. The summed E-state index contributed by atoms with van der Waals surface area (Å²) in [7, 11) is 0. The summed E-state index contributed by atoms with van der Waals surface area (Å²) in [6, 6.07) is 12.1. The Labute approximate surface area is 144 Å². The maximum Gasteiger partial charge on any atom is 0.305 e. The number of carbonyl (C=O) groups is 2. The van der Waals surface area contributed by atoms with Crippen LogP contribution in [0.25, 0.3) is 0 Å². The minimum atomic E-state index is -0.963. The highest BCUT2D eigenvalue weighted by Gasteiger charge is 2.37. The second kappa shape index (κ2) is 7.40. The lowest BCUT2D eigenvalue weighted by molar-refractivity contribution is -0.139. The number of carbonyl (C=O) groups excluding carboxylic acids is 1. The van der Waals surface area contributed by atoms with Gasteiger partial charge in [0.2, 0.25) is 0 Å². The molecule has 3 rings (SSSR count). The van der Waals surface area contributed by atoms with E-state index in [9.17, 15) is 9.59 Å². The van der Waals surface area contributed by atoms with E-state index in [-0.39, 0.29) is 18.1 Å². The largest absolute Gasteiger partial charge is 0.481 e. The minimum absolute atomic E-state index is 0.0715. The number of carboxylic acid groups (broad SMARTS) is 1. The summed E-state index contributed by atoms with van der Waals surface area (Å²) < 4.78 is 16.2. The van der Waals surface area contributed by atoms with Crippen LogP contribution < -0.4 is 10.1 Å². The second-order valence-electron chi connectivity index (χ2n) is 5.95. The molecule has 2 N–H and O–H groups in total. The summed E-state index contributed by atoms with van der Waals surface area (Å²) in [5, 5.41) is 12.0. The number of rotatable bonds is 6. The van der Waals surface area contributed by atoms with Gasteiger partial charge in [0.1, 0.15) is 5.75 Å². The maximum atomic E-state index is 12.5. The number of benzene rings is 1. The molecule has 0 aliphatic carbocycles. The van der Waals surface area contributed by atoms with E-state index in [0.717, 1.165) is 0 Å². The number of nitrogens with one attached hydrogen (secondary N) is 1. The molecule has 1 saturated heterocycles. The molecular weight excluding hydrogens is 326 g/mol. The van der Waals surface area contributed by atoms with Crippen LogP contribution in [0.2, 0.25) is 0 Å². The SMILES string of the molecule is O=C(O)CC1(NC(=O)c2ccc(Oc3ccccc3)o2)CCOCC1. The molecule has 0 bridgehead atoms. The third-order valence-corrected chi connectivity index (χ3v) is 4.08. The first kappa shape index (κ1) is 17.0. The molecule has 7 nitrogen and oxygen atoms in total. The second-order valence-corrected chi connectivity index (χ2v) is 5.95. The lowest BCUT2D eigenvalue weighted by atomic mass is 9.86. The number of furan rings is 1. The number of amides is 1. The quantitative estimate of drug-likeness (QED) is 0.835. The fourth-order valence-electron chi connectivity index (χ4n) is 2.80. The molecule has 1 fully saturated rings. The van der Waals surface area contributed by atoms with Crippen molar-refractivity contribution in [2.75, 3.05) is 13.2 Å². The monoisotopic (exact) mass is 345 g/mol. The number of hydrogen-bond donors (Lipinski definition) is 2. The van der Waals surface area contributed by atoms with Crippen molar-refractivity contribution >= 4 is 11.9 Å². The van der Waals surface area contributed by atoms with Gasteiger partial charge >= 0.3 is 5.97 Å².